The zero-order valence-corrected chi connectivity index (χ0v) is 18.4. The second-order valence-corrected chi connectivity index (χ2v) is 7.38. The van der Waals surface area contributed by atoms with Gasteiger partial charge in [0.15, 0.2) is 11.5 Å². The normalized spacial score (nSPS) is 11.0. The SMILES string of the molecule is C=CCc1cc(/C=C(/C#N)c2ccc(C)cc2)cc(OCC)c1OCc1ccc(F)cc1. The average molecular weight is 428 g/mol. The molecule has 0 radical (unpaired) electrons. The molecular formula is C28H26FNO2. The Kier molecular flexibility index (Phi) is 7.83. The predicted molar refractivity (Wildman–Crippen MR) is 127 cm³/mol. The molecule has 0 N–H and O–H groups in total. The maximum Gasteiger partial charge on any atom is 0.165 e. The minimum absolute atomic E-state index is 0.283. The second kappa shape index (κ2) is 11.0. The first-order valence-electron chi connectivity index (χ1n) is 10.5. The van der Waals surface area contributed by atoms with Crippen LogP contribution in [0.3, 0.4) is 0 Å². The molecule has 0 spiro atoms. The first-order valence-corrected chi connectivity index (χ1v) is 10.5. The fraction of sp³-hybridized carbons (Fsp3) is 0.179. The van der Waals surface area contributed by atoms with E-state index in [1.54, 1.807) is 18.2 Å². The van der Waals surface area contributed by atoms with Crippen LogP contribution in [0.15, 0.2) is 73.3 Å². The summed E-state index contributed by atoms with van der Waals surface area (Å²) in [6.07, 6.45) is 4.23. The highest BCUT2D eigenvalue weighted by atomic mass is 19.1. The van der Waals surface area contributed by atoms with Crippen molar-refractivity contribution in [2.75, 3.05) is 6.61 Å². The van der Waals surface area contributed by atoms with Crippen LogP contribution in [0.25, 0.3) is 11.6 Å². The smallest absolute Gasteiger partial charge is 0.165 e. The summed E-state index contributed by atoms with van der Waals surface area (Å²) >= 11 is 0. The van der Waals surface area contributed by atoms with Crippen LogP contribution in [-0.4, -0.2) is 6.61 Å². The third kappa shape index (κ3) is 5.86. The number of hydrogen-bond acceptors (Lipinski definition) is 3. The molecule has 0 amide bonds. The van der Waals surface area contributed by atoms with Crippen LogP contribution >= 0.6 is 0 Å². The number of aryl methyl sites for hydroxylation is 1. The molecule has 0 aliphatic rings. The monoisotopic (exact) mass is 427 g/mol. The van der Waals surface area contributed by atoms with Crippen LogP contribution in [0.1, 0.15) is 34.7 Å². The Bertz CT molecular complexity index is 1140. The number of ether oxygens (including phenoxy) is 2. The molecule has 0 aliphatic carbocycles. The first kappa shape index (κ1) is 22.8. The Morgan fingerprint density at radius 3 is 2.41 bits per heavy atom. The van der Waals surface area contributed by atoms with E-state index in [2.05, 4.69) is 12.6 Å². The van der Waals surface area contributed by atoms with E-state index in [-0.39, 0.29) is 12.4 Å². The number of nitrogens with zero attached hydrogens (tertiary/aromatic N) is 1. The van der Waals surface area contributed by atoms with Crippen LogP contribution in [0.4, 0.5) is 4.39 Å². The lowest BCUT2D eigenvalue weighted by Gasteiger charge is -2.17. The van der Waals surface area contributed by atoms with Crippen molar-refractivity contribution < 1.29 is 13.9 Å². The van der Waals surface area contributed by atoms with Gasteiger partial charge in [-0.05, 0) is 67.3 Å². The van der Waals surface area contributed by atoms with Gasteiger partial charge in [-0.25, -0.2) is 4.39 Å². The second-order valence-electron chi connectivity index (χ2n) is 7.38. The van der Waals surface area contributed by atoms with Crippen LogP contribution in [0, 0.1) is 24.1 Å². The fourth-order valence-corrected chi connectivity index (χ4v) is 3.32. The van der Waals surface area contributed by atoms with E-state index in [0.29, 0.717) is 30.1 Å². The van der Waals surface area contributed by atoms with Crippen LogP contribution in [-0.2, 0) is 13.0 Å². The first-order chi connectivity index (χ1) is 15.5. The van der Waals surface area contributed by atoms with Gasteiger partial charge in [-0.1, -0.05) is 48.0 Å². The van der Waals surface area contributed by atoms with Gasteiger partial charge < -0.3 is 9.47 Å². The van der Waals surface area contributed by atoms with Crippen molar-refractivity contribution in [1.29, 1.82) is 5.26 Å². The highest BCUT2D eigenvalue weighted by molar-refractivity contribution is 5.90. The molecule has 3 rings (SSSR count). The van der Waals surface area contributed by atoms with E-state index < -0.39 is 0 Å². The minimum Gasteiger partial charge on any atom is -0.490 e. The van der Waals surface area contributed by atoms with Crippen molar-refractivity contribution in [1.82, 2.24) is 0 Å². The molecule has 0 saturated carbocycles. The highest BCUT2D eigenvalue weighted by Gasteiger charge is 2.14. The number of allylic oxidation sites excluding steroid dienone is 2. The highest BCUT2D eigenvalue weighted by Crippen LogP contribution is 2.36. The van der Waals surface area contributed by atoms with Crippen molar-refractivity contribution >= 4 is 11.6 Å². The minimum atomic E-state index is -0.283. The standard InChI is InChI=1S/C28H26FNO2/c1-4-6-24-15-22(16-25(18-30)23-11-7-20(3)8-12-23)17-27(31-5-2)28(24)32-19-21-9-13-26(29)14-10-21/h4,7-17H,1,5-6,19H2,2-3H3/b25-16-. The molecule has 3 aromatic carbocycles. The lowest BCUT2D eigenvalue weighted by atomic mass is 10.00. The Morgan fingerprint density at radius 1 is 1.06 bits per heavy atom. The molecule has 3 aromatic rings. The third-order valence-electron chi connectivity index (χ3n) is 4.91. The maximum absolute atomic E-state index is 13.2. The molecule has 0 saturated heterocycles. The summed E-state index contributed by atoms with van der Waals surface area (Å²) in [4.78, 5) is 0. The molecule has 32 heavy (non-hydrogen) atoms. The number of nitriles is 1. The van der Waals surface area contributed by atoms with Gasteiger partial charge in [-0.3, -0.25) is 0 Å². The molecule has 0 heterocycles. The summed E-state index contributed by atoms with van der Waals surface area (Å²) < 4.78 is 25.2. The number of benzene rings is 3. The van der Waals surface area contributed by atoms with E-state index in [0.717, 1.165) is 27.8 Å². The molecule has 0 fully saturated rings. The van der Waals surface area contributed by atoms with Gasteiger partial charge in [0.2, 0.25) is 0 Å². The number of hydrogen-bond donors (Lipinski definition) is 0. The zero-order chi connectivity index (χ0) is 22.9. The Hall–Kier alpha value is -3.84. The van der Waals surface area contributed by atoms with E-state index in [9.17, 15) is 9.65 Å². The average Bonchev–Trinajstić information content (AvgIpc) is 2.79. The molecule has 0 aliphatic heterocycles. The topological polar surface area (TPSA) is 42.2 Å². The van der Waals surface area contributed by atoms with Gasteiger partial charge >= 0.3 is 0 Å². The lowest BCUT2D eigenvalue weighted by molar-refractivity contribution is 0.267. The zero-order valence-electron chi connectivity index (χ0n) is 18.4. The van der Waals surface area contributed by atoms with Crippen LogP contribution in [0.5, 0.6) is 11.5 Å². The summed E-state index contributed by atoms with van der Waals surface area (Å²) in [5.41, 5.74) is 5.17. The summed E-state index contributed by atoms with van der Waals surface area (Å²) in [5, 5.41) is 9.72. The molecule has 0 unspecified atom stereocenters. The van der Waals surface area contributed by atoms with Crippen molar-refractivity contribution in [3.63, 3.8) is 0 Å². The van der Waals surface area contributed by atoms with Gasteiger partial charge in [0.25, 0.3) is 0 Å². The van der Waals surface area contributed by atoms with E-state index in [1.807, 2.05) is 56.3 Å². The van der Waals surface area contributed by atoms with E-state index in [1.165, 1.54) is 12.1 Å². The summed E-state index contributed by atoms with van der Waals surface area (Å²) in [6, 6.07) is 20.2. The van der Waals surface area contributed by atoms with Crippen LogP contribution < -0.4 is 9.47 Å². The van der Waals surface area contributed by atoms with Gasteiger partial charge in [0.05, 0.1) is 18.2 Å². The summed E-state index contributed by atoms with van der Waals surface area (Å²) in [7, 11) is 0. The van der Waals surface area contributed by atoms with Gasteiger partial charge in [-0.2, -0.15) is 5.26 Å². The third-order valence-corrected chi connectivity index (χ3v) is 4.91. The Balaban J connectivity index is 1.99. The summed E-state index contributed by atoms with van der Waals surface area (Å²) in [5.74, 6) is 0.942. The van der Waals surface area contributed by atoms with Gasteiger partial charge in [-0.15, -0.1) is 6.58 Å². The van der Waals surface area contributed by atoms with Gasteiger partial charge in [0, 0.05) is 5.56 Å². The van der Waals surface area contributed by atoms with E-state index >= 15 is 0 Å². The Labute approximate surface area is 189 Å². The number of halogens is 1. The molecule has 0 bridgehead atoms. The molecule has 3 nitrogen and oxygen atoms in total. The largest absolute Gasteiger partial charge is 0.490 e. The van der Waals surface area contributed by atoms with Crippen molar-refractivity contribution in [2.45, 2.75) is 26.9 Å². The molecular weight excluding hydrogens is 401 g/mol. The number of rotatable bonds is 9. The molecule has 4 heteroatoms. The fourth-order valence-electron chi connectivity index (χ4n) is 3.32. The van der Waals surface area contributed by atoms with Crippen molar-refractivity contribution in [3.8, 4) is 17.6 Å². The van der Waals surface area contributed by atoms with Crippen LogP contribution in [0.2, 0.25) is 0 Å². The molecule has 162 valence electrons. The van der Waals surface area contributed by atoms with E-state index in [4.69, 9.17) is 9.47 Å². The predicted octanol–water partition coefficient (Wildman–Crippen LogP) is 6.90. The maximum atomic E-state index is 13.2. The molecule has 0 aromatic heterocycles. The molecule has 0 atom stereocenters. The van der Waals surface area contributed by atoms with Crippen molar-refractivity contribution in [3.05, 3.63) is 107 Å². The lowest BCUT2D eigenvalue weighted by Crippen LogP contribution is -2.03. The summed E-state index contributed by atoms with van der Waals surface area (Å²) in [6.45, 7) is 8.53. The van der Waals surface area contributed by atoms with Gasteiger partial charge in [0.1, 0.15) is 12.4 Å². The van der Waals surface area contributed by atoms with Crippen molar-refractivity contribution in [2.24, 2.45) is 0 Å². The quantitative estimate of drug-likeness (QED) is 0.212. The Morgan fingerprint density at radius 2 is 1.78 bits per heavy atom.